The van der Waals surface area contributed by atoms with Gasteiger partial charge in [0.1, 0.15) is 12.1 Å². The Bertz CT molecular complexity index is 518. The molecule has 0 aromatic carbocycles. The lowest BCUT2D eigenvalue weighted by molar-refractivity contribution is 0.797. The zero-order valence-corrected chi connectivity index (χ0v) is 10.6. The second-order valence-corrected chi connectivity index (χ2v) is 5.68. The molecule has 0 aliphatic carbocycles. The normalized spacial score (nSPS) is 19.9. The van der Waals surface area contributed by atoms with E-state index in [-0.39, 0.29) is 0 Å². The Balaban J connectivity index is 1.81. The zero-order valence-electron chi connectivity index (χ0n) is 9.76. The first-order chi connectivity index (χ1) is 8.33. The second kappa shape index (κ2) is 4.52. The molecule has 3 heterocycles. The lowest BCUT2D eigenvalue weighted by Gasteiger charge is -2.12. The molecule has 17 heavy (non-hydrogen) atoms. The van der Waals surface area contributed by atoms with Gasteiger partial charge < -0.3 is 5.32 Å². The van der Waals surface area contributed by atoms with Crippen LogP contribution in [0.4, 0.5) is 5.82 Å². The van der Waals surface area contributed by atoms with E-state index in [1.54, 1.807) is 4.52 Å². The van der Waals surface area contributed by atoms with Crippen LogP contribution in [-0.2, 0) is 0 Å². The molecule has 0 spiro atoms. The second-order valence-electron chi connectivity index (χ2n) is 4.27. The van der Waals surface area contributed by atoms with Gasteiger partial charge in [-0.15, -0.1) is 0 Å². The molecule has 2 aromatic rings. The van der Waals surface area contributed by atoms with Gasteiger partial charge in [0.05, 0.1) is 0 Å². The Kier molecular flexibility index (Phi) is 2.88. The summed E-state index contributed by atoms with van der Waals surface area (Å²) in [6, 6.07) is 2.02. The molecule has 1 fully saturated rings. The summed E-state index contributed by atoms with van der Waals surface area (Å²) in [5.74, 6) is 2.93. The van der Waals surface area contributed by atoms with Crippen molar-refractivity contribution in [3.05, 3.63) is 18.1 Å². The summed E-state index contributed by atoms with van der Waals surface area (Å²) in [6.07, 6.45) is 4.19. The highest BCUT2D eigenvalue weighted by atomic mass is 32.2. The SMILES string of the molecule is Cc1cc(NCC2CCCS2)n2ncnc2n1. The molecule has 0 bridgehead atoms. The summed E-state index contributed by atoms with van der Waals surface area (Å²) in [5.41, 5.74) is 0.965. The maximum absolute atomic E-state index is 4.32. The largest absolute Gasteiger partial charge is 0.369 e. The minimum atomic E-state index is 0.659. The van der Waals surface area contributed by atoms with Gasteiger partial charge in [0.2, 0.25) is 0 Å². The quantitative estimate of drug-likeness (QED) is 0.898. The molecule has 1 atom stereocenters. The van der Waals surface area contributed by atoms with Gasteiger partial charge in [0, 0.05) is 23.6 Å². The minimum absolute atomic E-state index is 0.659. The van der Waals surface area contributed by atoms with Crippen LogP contribution in [0.15, 0.2) is 12.4 Å². The molecular weight excluding hydrogens is 234 g/mol. The number of nitrogens with one attached hydrogen (secondary N) is 1. The first-order valence-corrected chi connectivity index (χ1v) is 6.90. The molecule has 0 radical (unpaired) electrons. The molecule has 3 rings (SSSR count). The maximum atomic E-state index is 4.32. The summed E-state index contributed by atoms with van der Waals surface area (Å²) >= 11 is 2.05. The van der Waals surface area contributed by atoms with Crippen molar-refractivity contribution in [3.8, 4) is 0 Å². The van der Waals surface area contributed by atoms with E-state index in [4.69, 9.17) is 0 Å². The molecule has 1 aliphatic heterocycles. The monoisotopic (exact) mass is 249 g/mol. The standard InChI is InChI=1S/C11H15N5S/c1-8-5-10(12-6-9-3-2-4-17-9)16-11(15-8)13-7-14-16/h5,7,9,12H,2-4,6H2,1H3. The molecule has 1 saturated heterocycles. The van der Waals surface area contributed by atoms with Crippen LogP contribution in [0.2, 0.25) is 0 Å². The van der Waals surface area contributed by atoms with Crippen LogP contribution in [0.3, 0.4) is 0 Å². The lowest BCUT2D eigenvalue weighted by atomic mass is 10.2. The van der Waals surface area contributed by atoms with E-state index in [9.17, 15) is 0 Å². The highest BCUT2D eigenvalue weighted by Gasteiger charge is 2.15. The number of anilines is 1. The third kappa shape index (κ3) is 2.22. The predicted octanol–water partition coefficient (Wildman–Crippen LogP) is 1.74. The maximum Gasteiger partial charge on any atom is 0.254 e. The molecular formula is C11H15N5S. The van der Waals surface area contributed by atoms with Crippen LogP contribution in [0.5, 0.6) is 0 Å². The average molecular weight is 249 g/mol. The Morgan fingerprint density at radius 1 is 1.59 bits per heavy atom. The number of thioether (sulfide) groups is 1. The van der Waals surface area contributed by atoms with Crippen molar-refractivity contribution >= 4 is 23.4 Å². The van der Waals surface area contributed by atoms with E-state index in [0.717, 1.165) is 23.3 Å². The summed E-state index contributed by atoms with van der Waals surface area (Å²) in [6.45, 7) is 2.97. The fraction of sp³-hybridized carbons (Fsp3) is 0.545. The van der Waals surface area contributed by atoms with Gasteiger partial charge in [-0.2, -0.15) is 26.4 Å². The van der Waals surface area contributed by atoms with E-state index in [0.29, 0.717) is 5.78 Å². The molecule has 6 heteroatoms. The van der Waals surface area contributed by atoms with Gasteiger partial charge in [-0.1, -0.05) is 0 Å². The van der Waals surface area contributed by atoms with Crippen LogP contribution in [0.1, 0.15) is 18.5 Å². The summed E-state index contributed by atoms with van der Waals surface area (Å²) in [5, 5.41) is 8.36. The van der Waals surface area contributed by atoms with Gasteiger partial charge in [-0.05, 0) is 25.5 Å². The van der Waals surface area contributed by atoms with E-state index in [1.165, 1.54) is 24.9 Å². The van der Waals surface area contributed by atoms with Crippen molar-refractivity contribution in [2.75, 3.05) is 17.6 Å². The molecule has 0 saturated carbocycles. The summed E-state index contributed by atoms with van der Waals surface area (Å²) in [7, 11) is 0. The molecule has 1 aliphatic rings. The number of hydrogen-bond acceptors (Lipinski definition) is 5. The van der Waals surface area contributed by atoms with Crippen LogP contribution < -0.4 is 5.32 Å². The third-order valence-corrected chi connectivity index (χ3v) is 4.31. The Morgan fingerprint density at radius 3 is 3.35 bits per heavy atom. The Morgan fingerprint density at radius 2 is 2.53 bits per heavy atom. The Hall–Kier alpha value is -1.30. The molecule has 5 nitrogen and oxygen atoms in total. The molecule has 2 aromatic heterocycles. The van der Waals surface area contributed by atoms with E-state index in [2.05, 4.69) is 20.4 Å². The highest BCUT2D eigenvalue weighted by molar-refractivity contribution is 8.00. The number of aryl methyl sites for hydroxylation is 1. The fourth-order valence-electron chi connectivity index (χ4n) is 2.08. The van der Waals surface area contributed by atoms with Gasteiger partial charge in [0.15, 0.2) is 0 Å². The van der Waals surface area contributed by atoms with E-state index < -0.39 is 0 Å². The fourth-order valence-corrected chi connectivity index (χ4v) is 3.28. The van der Waals surface area contributed by atoms with Gasteiger partial charge >= 0.3 is 0 Å². The number of hydrogen-bond donors (Lipinski definition) is 1. The smallest absolute Gasteiger partial charge is 0.254 e. The van der Waals surface area contributed by atoms with Crippen molar-refractivity contribution < 1.29 is 0 Å². The average Bonchev–Trinajstić information content (AvgIpc) is 2.95. The van der Waals surface area contributed by atoms with Crippen molar-refractivity contribution in [2.45, 2.75) is 25.0 Å². The van der Waals surface area contributed by atoms with E-state index >= 15 is 0 Å². The lowest BCUT2D eigenvalue weighted by Crippen LogP contribution is -2.16. The minimum Gasteiger partial charge on any atom is -0.369 e. The van der Waals surface area contributed by atoms with Crippen molar-refractivity contribution in [2.24, 2.45) is 0 Å². The predicted molar refractivity (Wildman–Crippen MR) is 69.5 cm³/mol. The van der Waals surface area contributed by atoms with Crippen molar-refractivity contribution in [3.63, 3.8) is 0 Å². The first kappa shape index (κ1) is 10.8. The number of fused-ring (bicyclic) bond motifs is 1. The van der Waals surface area contributed by atoms with Gasteiger partial charge in [0.25, 0.3) is 5.78 Å². The van der Waals surface area contributed by atoms with Crippen molar-refractivity contribution in [1.29, 1.82) is 0 Å². The zero-order chi connectivity index (χ0) is 11.7. The third-order valence-electron chi connectivity index (χ3n) is 2.91. The summed E-state index contributed by atoms with van der Waals surface area (Å²) < 4.78 is 1.76. The highest BCUT2D eigenvalue weighted by Crippen LogP contribution is 2.26. The summed E-state index contributed by atoms with van der Waals surface area (Å²) in [4.78, 5) is 8.44. The molecule has 0 amide bonds. The number of rotatable bonds is 3. The van der Waals surface area contributed by atoms with Crippen LogP contribution >= 0.6 is 11.8 Å². The molecule has 90 valence electrons. The molecule has 1 unspecified atom stereocenters. The van der Waals surface area contributed by atoms with E-state index in [1.807, 2.05) is 24.8 Å². The van der Waals surface area contributed by atoms with Gasteiger partial charge in [-0.3, -0.25) is 0 Å². The number of nitrogens with zero attached hydrogens (tertiary/aromatic N) is 4. The number of aromatic nitrogens is 4. The topological polar surface area (TPSA) is 55.1 Å². The van der Waals surface area contributed by atoms with Gasteiger partial charge in [-0.25, -0.2) is 4.98 Å². The van der Waals surface area contributed by atoms with Crippen LogP contribution in [0, 0.1) is 6.92 Å². The Labute approximate surface area is 104 Å². The first-order valence-electron chi connectivity index (χ1n) is 5.86. The molecule has 1 N–H and O–H groups in total. The van der Waals surface area contributed by atoms with Crippen LogP contribution in [-0.4, -0.2) is 37.1 Å². The van der Waals surface area contributed by atoms with Crippen molar-refractivity contribution in [1.82, 2.24) is 19.6 Å². The van der Waals surface area contributed by atoms with Crippen LogP contribution in [0.25, 0.3) is 5.78 Å².